The molecule has 1 amide bonds. The van der Waals surface area contributed by atoms with Crippen molar-refractivity contribution in [3.63, 3.8) is 0 Å². The lowest BCUT2D eigenvalue weighted by Gasteiger charge is -2.34. The lowest BCUT2D eigenvalue weighted by molar-refractivity contribution is 0.0698. The Morgan fingerprint density at radius 3 is 2.07 bits per heavy atom. The summed E-state index contributed by atoms with van der Waals surface area (Å²) in [5.74, 6) is -0.965. The van der Waals surface area contributed by atoms with Crippen LogP contribution in [0.5, 0.6) is 0 Å². The second-order valence-electron chi connectivity index (χ2n) is 5.93. The van der Waals surface area contributed by atoms with Crippen LogP contribution in [0.2, 0.25) is 15.1 Å². The predicted octanol–water partition coefficient (Wildman–Crippen LogP) is 3.93. The zero-order chi connectivity index (χ0) is 19.8. The maximum atomic E-state index is 13.3. The minimum Gasteiger partial charge on any atom is -0.336 e. The first-order chi connectivity index (χ1) is 12.7. The molecule has 0 bridgehead atoms. The highest BCUT2D eigenvalue weighted by Gasteiger charge is 2.31. The molecule has 3 rings (SSSR count). The number of piperazine rings is 1. The Kier molecular flexibility index (Phi) is 5.98. The Morgan fingerprint density at radius 1 is 0.926 bits per heavy atom. The van der Waals surface area contributed by atoms with Crippen LogP contribution in [-0.4, -0.2) is 49.7 Å². The molecule has 27 heavy (non-hydrogen) atoms. The third-order valence-electron chi connectivity index (χ3n) is 4.16. The summed E-state index contributed by atoms with van der Waals surface area (Å²) < 4.78 is 39.9. The lowest BCUT2D eigenvalue weighted by Crippen LogP contribution is -2.50. The maximum absolute atomic E-state index is 13.3. The number of amides is 1. The van der Waals surface area contributed by atoms with Gasteiger partial charge < -0.3 is 4.90 Å². The molecule has 5 nitrogen and oxygen atoms in total. The number of benzene rings is 2. The molecule has 144 valence electrons. The van der Waals surface area contributed by atoms with Crippen molar-refractivity contribution in [2.45, 2.75) is 4.90 Å². The van der Waals surface area contributed by atoms with Crippen molar-refractivity contribution in [2.75, 3.05) is 26.2 Å². The fraction of sp³-hybridized carbons (Fsp3) is 0.235. The highest BCUT2D eigenvalue weighted by Crippen LogP contribution is 2.24. The fourth-order valence-corrected chi connectivity index (χ4v) is 5.00. The highest BCUT2D eigenvalue weighted by molar-refractivity contribution is 7.89. The fourth-order valence-electron chi connectivity index (χ4n) is 2.78. The van der Waals surface area contributed by atoms with Crippen LogP contribution in [-0.2, 0) is 10.0 Å². The molecule has 1 heterocycles. The molecule has 1 fully saturated rings. The number of sulfonamides is 1. The first-order valence-electron chi connectivity index (χ1n) is 7.89. The van der Waals surface area contributed by atoms with E-state index in [1.165, 1.54) is 33.5 Å². The lowest BCUT2D eigenvalue weighted by atomic mass is 10.2. The van der Waals surface area contributed by atoms with Gasteiger partial charge in [0.15, 0.2) is 0 Å². The zero-order valence-electron chi connectivity index (χ0n) is 13.8. The van der Waals surface area contributed by atoms with Gasteiger partial charge in [-0.3, -0.25) is 4.79 Å². The van der Waals surface area contributed by atoms with Crippen LogP contribution >= 0.6 is 34.8 Å². The minimum atomic E-state index is -3.83. The van der Waals surface area contributed by atoms with Crippen LogP contribution in [0.4, 0.5) is 4.39 Å². The Morgan fingerprint density at radius 2 is 1.52 bits per heavy atom. The molecule has 0 aliphatic carbocycles. The number of halogens is 4. The number of carbonyl (C=O) groups excluding carboxylic acids is 1. The highest BCUT2D eigenvalue weighted by atomic mass is 35.5. The molecule has 1 saturated heterocycles. The van der Waals surface area contributed by atoms with E-state index in [1.54, 1.807) is 0 Å². The van der Waals surface area contributed by atoms with Crippen LogP contribution < -0.4 is 0 Å². The van der Waals surface area contributed by atoms with E-state index in [2.05, 4.69) is 0 Å². The van der Waals surface area contributed by atoms with E-state index < -0.39 is 15.8 Å². The quantitative estimate of drug-likeness (QED) is 0.710. The summed E-state index contributed by atoms with van der Waals surface area (Å²) in [7, 11) is -3.83. The van der Waals surface area contributed by atoms with Gasteiger partial charge >= 0.3 is 0 Å². The normalized spacial score (nSPS) is 15.8. The van der Waals surface area contributed by atoms with Gasteiger partial charge in [-0.15, -0.1) is 0 Å². The second kappa shape index (κ2) is 7.93. The number of hydrogen-bond acceptors (Lipinski definition) is 3. The molecular weight excluding hydrogens is 438 g/mol. The molecule has 2 aromatic rings. The third-order valence-corrected chi connectivity index (χ3v) is 6.78. The van der Waals surface area contributed by atoms with Crippen LogP contribution in [0.15, 0.2) is 41.3 Å². The molecule has 1 aliphatic rings. The van der Waals surface area contributed by atoms with Crippen molar-refractivity contribution >= 4 is 50.7 Å². The monoisotopic (exact) mass is 450 g/mol. The van der Waals surface area contributed by atoms with Gasteiger partial charge in [-0.1, -0.05) is 34.8 Å². The van der Waals surface area contributed by atoms with Crippen molar-refractivity contribution in [1.29, 1.82) is 0 Å². The Hall–Kier alpha value is -1.38. The Bertz CT molecular complexity index is 973. The number of hydrogen-bond donors (Lipinski definition) is 0. The van der Waals surface area contributed by atoms with Gasteiger partial charge in [0.25, 0.3) is 5.91 Å². The number of rotatable bonds is 3. The van der Waals surface area contributed by atoms with E-state index in [4.69, 9.17) is 34.8 Å². The van der Waals surface area contributed by atoms with E-state index in [0.29, 0.717) is 15.6 Å². The molecule has 0 unspecified atom stereocenters. The first kappa shape index (κ1) is 20.4. The van der Waals surface area contributed by atoms with Crippen LogP contribution in [0, 0.1) is 5.82 Å². The molecule has 0 radical (unpaired) electrons. The molecule has 10 heteroatoms. The average Bonchev–Trinajstić information content (AvgIpc) is 2.62. The zero-order valence-corrected chi connectivity index (χ0v) is 16.9. The summed E-state index contributed by atoms with van der Waals surface area (Å²) in [5.41, 5.74) is 0.342. The standard InChI is InChI=1S/C17H14Cl3FN2O3S/c18-12-7-11(8-13(19)9-12)17(24)22-3-5-23(6-4-22)27(25,26)14-1-2-16(21)15(20)10-14/h1-2,7-10H,3-6H2. The smallest absolute Gasteiger partial charge is 0.254 e. The summed E-state index contributed by atoms with van der Waals surface area (Å²) >= 11 is 17.5. The summed E-state index contributed by atoms with van der Waals surface area (Å²) in [6, 6.07) is 7.81. The van der Waals surface area contributed by atoms with E-state index in [9.17, 15) is 17.6 Å². The van der Waals surface area contributed by atoms with Crippen molar-refractivity contribution in [3.05, 3.63) is 62.8 Å². The molecule has 0 N–H and O–H groups in total. The maximum Gasteiger partial charge on any atom is 0.254 e. The van der Waals surface area contributed by atoms with Crippen molar-refractivity contribution in [1.82, 2.24) is 9.21 Å². The molecule has 0 atom stereocenters. The van der Waals surface area contributed by atoms with Gasteiger partial charge in [0, 0.05) is 41.8 Å². The predicted molar refractivity (Wildman–Crippen MR) is 103 cm³/mol. The SMILES string of the molecule is O=C(c1cc(Cl)cc(Cl)c1)N1CCN(S(=O)(=O)c2ccc(F)c(Cl)c2)CC1. The Labute approximate surface area is 171 Å². The summed E-state index contributed by atoms with van der Waals surface area (Å²) in [4.78, 5) is 14.0. The molecule has 0 aromatic heterocycles. The van der Waals surface area contributed by atoms with Gasteiger partial charge in [0.2, 0.25) is 10.0 Å². The molecule has 2 aromatic carbocycles. The van der Waals surface area contributed by atoms with E-state index in [-0.39, 0.29) is 42.0 Å². The summed E-state index contributed by atoms with van der Waals surface area (Å²) in [6.07, 6.45) is 0. The summed E-state index contributed by atoms with van der Waals surface area (Å²) in [6.45, 7) is 0.628. The minimum absolute atomic E-state index is 0.0877. The molecule has 0 spiro atoms. The first-order valence-corrected chi connectivity index (χ1v) is 10.5. The topological polar surface area (TPSA) is 57.7 Å². The average molecular weight is 452 g/mol. The summed E-state index contributed by atoms with van der Waals surface area (Å²) in [5, 5.41) is 0.434. The molecule has 1 aliphatic heterocycles. The Balaban J connectivity index is 1.72. The number of carbonyl (C=O) groups is 1. The van der Waals surface area contributed by atoms with Crippen molar-refractivity contribution in [3.8, 4) is 0 Å². The van der Waals surface area contributed by atoms with Gasteiger partial charge in [-0.05, 0) is 36.4 Å². The van der Waals surface area contributed by atoms with Crippen molar-refractivity contribution < 1.29 is 17.6 Å². The largest absolute Gasteiger partial charge is 0.336 e. The van der Waals surface area contributed by atoms with Gasteiger partial charge in [0.05, 0.1) is 9.92 Å². The van der Waals surface area contributed by atoms with Crippen LogP contribution in [0.3, 0.4) is 0 Å². The second-order valence-corrected chi connectivity index (χ2v) is 9.15. The van der Waals surface area contributed by atoms with Gasteiger partial charge in [-0.25, -0.2) is 12.8 Å². The van der Waals surface area contributed by atoms with Gasteiger partial charge in [0.1, 0.15) is 5.82 Å². The van der Waals surface area contributed by atoms with Crippen molar-refractivity contribution in [2.24, 2.45) is 0 Å². The van der Waals surface area contributed by atoms with E-state index in [0.717, 1.165) is 12.1 Å². The number of nitrogens with zero attached hydrogens (tertiary/aromatic N) is 2. The van der Waals surface area contributed by atoms with Crippen LogP contribution in [0.1, 0.15) is 10.4 Å². The van der Waals surface area contributed by atoms with Gasteiger partial charge in [-0.2, -0.15) is 4.31 Å². The van der Waals surface area contributed by atoms with Crippen LogP contribution in [0.25, 0.3) is 0 Å². The molecule has 0 saturated carbocycles. The molecular formula is C17H14Cl3FN2O3S. The van der Waals surface area contributed by atoms with E-state index >= 15 is 0 Å². The third kappa shape index (κ3) is 4.38. The van der Waals surface area contributed by atoms with E-state index in [1.807, 2.05) is 0 Å².